The third kappa shape index (κ3) is 3.97. The number of esters is 2. The van der Waals surface area contributed by atoms with Gasteiger partial charge in [-0.3, -0.25) is 0 Å². The van der Waals surface area contributed by atoms with Crippen molar-refractivity contribution < 1.29 is 19.1 Å². The molecule has 0 unspecified atom stereocenters. The molecule has 0 aliphatic carbocycles. The SMILES string of the molecule is COC(=O)c1sc(N)c(C(=O)OC(C)(C)C)c1C(C)(C)C. The number of carbonyl (C=O) groups excluding carboxylic acids is 2. The van der Waals surface area contributed by atoms with Crippen LogP contribution >= 0.6 is 11.3 Å². The molecule has 0 amide bonds. The zero-order valence-electron chi connectivity index (χ0n) is 13.6. The van der Waals surface area contributed by atoms with Crippen LogP contribution in [0.15, 0.2) is 0 Å². The fourth-order valence-electron chi connectivity index (χ4n) is 1.93. The molecule has 6 heteroatoms. The van der Waals surface area contributed by atoms with Crippen LogP contribution in [-0.4, -0.2) is 24.6 Å². The second-order valence-corrected chi connectivity index (χ2v) is 7.84. The van der Waals surface area contributed by atoms with Crippen LogP contribution in [0, 0.1) is 0 Å². The first-order chi connectivity index (χ1) is 9.38. The summed E-state index contributed by atoms with van der Waals surface area (Å²) in [5.74, 6) is -1.01. The van der Waals surface area contributed by atoms with Gasteiger partial charge in [0.05, 0.1) is 12.7 Å². The topological polar surface area (TPSA) is 78.6 Å². The summed E-state index contributed by atoms with van der Waals surface area (Å²) in [7, 11) is 1.30. The lowest BCUT2D eigenvalue weighted by Crippen LogP contribution is -2.27. The van der Waals surface area contributed by atoms with E-state index in [0.29, 0.717) is 10.4 Å². The molecular weight excluding hydrogens is 290 g/mol. The first kappa shape index (κ1) is 17.5. The summed E-state index contributed by atoms with van der Waals surface area (Å²) < 4.78 is 10.2. The largest absolute Gasteiger partial charge is 0.465 e. The molecule has 0 aromatic carbocycles. The lowest BCUT2D eigenvalue weighted by Gasteiger charge is -2.24. The van der Waals surface area contributed by atoms with Gasteiger partial charge in [0.15, 0.2) is 0 Å². The summed E-state index contributed by atoms with van der Waals surface area (Å²) in [6.07, 6.45) is 0. The third-order valence-corrected chi connectivity index (χ3v) is 3.66. The van der Waals surface area contributed by atoms with Gasteiger partial charge in [0.25, 0.3) is 0 Å². The van der Waals surface area contributed by atoms with E-state index < -0.39 is 23.0 Å². The molecule has 1 aromatic heterocycles. The highest BCUT2D eigenvalue weighted by Crippen LogP contribution is 2.40. The van der Waals surface area contributed by atoms with E-state index in [-0.39, 0.29) is 10.6 Å². The van der Waals surface area contributed by atoms with Gasteiger partial charge >= 0.3 is 11.9 Å². The van der Waals surface area contributed by atoms with Gasteiger partial charge in [-0.25, -0.2) is 9.59 Å². The molecule has 2 N–H and O–H groups in total. The fraction of sp³-hybridized carbons (Fsp3) is 0.600. The smallest absolute Gasteiger partial charge is 0.348 e. The van der Waals surface area contributed by atoms with Crippen molar-refractivity contribution in [2.45, 2.75) is 52.6 Å². The maximum absolute atomic E-state index is 12.4. The highest BCUT2D eigenvalue weighted by atomic mass is 32.1. The number of hydrogen-bond acceptors (Lipinski definition) is 6. The van der Waals surface area contributed by atoms with Crippen molar-refractivity contribution in [1.82, 2.24) is 0 Å². The van der Waals surface area contributed by atoms with Crippen molar-refractivity contribution in [3.8, 4) is 0 Å². The summed E-state index contributed by atoms with van der Waals surface area (Å²) in [6.45, 7) is 11.1. The average molecular weight is 313 g/mol. The van der Waals surface area contributed by atoms with Gasteiger partial charge < -0.3 is 15.2 Å². The summed E-state index contributed by atoms with van der Waals surface area (Å²) in [6, 6.07) is 0. The van der Waals surface area contributed by atoms with Crippen molar-refractivity contribution in [2.75, 3.05) is 12.8 Å². The molecule has 0 fully saturated rings. The molecule has 1 heterocycles. The molecule has 118 valence electrons. The Morgan fingerprint density at radius 3 is 1.95 bits per heavy atom. The second-order valence-electron chi connectivity index (χ2n) is 6.79. The van der Waals surface area contributed by atoms with Crippen LogP contribution in [0.4, 0.5) is 5.00 Å². The van der Waals surface area contributed by atoms with E-state index in [0.717, 1.165) is 11.3 Å². The van der Waals surface area contributed by atoms with Crippen molar-refractivity contribution in [1.29, 1.82) is 0 Å². The van der Waals surface area contributed by atoms with E-state index in [2.05, 4.69) is 0 Å². The van der Waals surface area contributed by atoms with Gasteiger partial charge in [0, 0.05) is 0 Å². The molecule has 1 rings (SSSR count). The highest BCUT2D eigenvalue weighted by Gasteiger charge is 2.35. The predicted molar refractivity (Wildman–Crippen MR) is 83.9 cm³/mol. The Kier molecular flexibility index (Phi) is 4.73. The first-order valence-corrected chi connectivity index (χ1v) is 7.44. The Morgan fingerprint density at radius 2 is 1.57 bits per heavy atom. The molecule has 0 saturated heterocycles. The molecule has 0 radical (unpaired) electrons. The van der Waals surface area contributed by atoms with Crippen molar-refractivity contribution >= 4 is 28.3 Å². The Balaban J connectivity index is 3.48. The van der Waals surface area contributed by atoms with E-state index in [9.17, 15) is 9.59 Å². The number of hydrogen-bond donors (Lipinski definition) is 1. The van der Waals surface area contributed by atoms with Gasteiger partial charge in [0.1, 0.15) is 15.5 Å². The number of thiophene rings is 1. The Morgan fingerprint density at radius 1 is 1.05 bits per heavy atom. The second kappa shape index (κ2) is 5.67. The predicted octanol–water partition coefficient (Wildman–Crippen LogP) is 3.37. The van der Waals surface area contributed by atoms with E-state index >= 15 is 0 Å². The summed E-state index contributed by atoms with van der Waals surface area (Å²) in [5, 5.41) is 0.273. The molecular formula is C15H23NO4S. The maximum Gasteiger partial charge on any atom is 0.348 e. The fourth-order valence-corrected chi connectivity index (χ4v) is 3.12. The molecule has 0 spiro atoms. The van der Waals surface area contributed by atoms with Crippen LogP contribution in [0.25, 0.3) is 0 Å². The van der Waals surface area contributed by atoms with E-state index in [4.69, 9.17) is 15.2 Å². The third-order valence-electron chi connectivity index (χ3n) is 2.66. The van der Waals surface area contributed by atoms with Crippen molar-refractivity contribution in [3.05, 3.63) is 16.0 Å². The van der Waals surface area contributed by atoms with Gasteiger partial charge in [-0.1, -0.05) is 20.8 Å². The molecule has 0 aliphatic heterocycles. The number of nitrogens with two attached hydrogens (primary N) is 1. The van der Waals surface area contributed by atoms with E-state index in [1.165, 1.54) is 7.11 Å². The quantitative estimate of drug-likeness (QED) is 0.847. The Hall–Kier alpha value is -1.56. The maximum atomic E-state index is 12.4. The van der Waals surface area contributed by atoms with Crippen LogP contribution < -0.4 is 5.73 Å². The molecule has 0 aliphatic rings. The summed E-state index contributed by atoms with van der Waals surface area (Å²) in [4.78, 5) is 24.7. The molecule has 0 saturated carbocycles. The lowest BCUT2D eigenvalue weighted by molar-refractivity contribution is 0.00688. The number of ether oxygens (including phenoxy) is 2. The molecule has 5 nitrogen and oxygen atoms in total. The lowest BCUT2D eigenvalue weighted by atomic mass is 9.84. The average Bonchev–Trinajstić information content (AvgIpc) is 2.63. The Labute approximate surface area is 129 Å². The zero-order chi connectivity index (χ0) is 16.6. The zero-order valence-corrected chi connectivity index (χ0v) is 14.4. The normalized spacial score (nSPS) is 12.1. The van der Waals surface area contributed by atoms with Crippen molar-refractivity contribution in [3.63, 3.8) is 0 Å². The molecule has 0 bridgehead atoms. The first-order valence-electron chi connectivity index (χ1n) is 6.63. The minimum Gasteiger partial charge on any atom is -0.465 e. The monoisotopic (exact) mass is 313 g/mol. The van der Waals surface area contributed by atoms with Gasteiger partial charge in [-0.15, -0.1) is 11.3 Å². The van der Waals surface area contributed by atoms with Crippen LogP contribution in [0.5, 0.6) is 0 Å². The molecule has 21 heavy (non-hydrogen) atoms. The molecule has 1 aromatic rings. The van der Waals surface area contributed by atoms with Gasteiger partial charge in [-0.05, 0) is 31.7 Å². The Bertz CT molecular complexity index is 561. The van der Waals surface area contributed by atoms with Crippen LogP contribution in [0.3, 0.4) is 0 Å². The number of anilines is 1. The van der Waals surface area contributed by atoms with Gasteiger partial charge in [0.2, 0.25) is 0 Å². The van der Waals surface area contributed by atoms with E-state index in [1.54, 1.807) is 20.8 Å². The van der Waals surface area contributed by atoms with Crippen LogP contribution in [0.2, 0.25) is 0 Å². The number of nitrogen functional groups attached to an aromatic ring is 1. The summed E-state index contributed by atoms with van der Waals surface area (Å²) >= 11 is 1.06. The number of carbonyl (C=O) groups is 2. The minimum absolute atomic E-state index is 0.267. The minimum atomic E-state index is -0.633. The number of rotatable bonds is 2. The standard InChI is InChI=1S/C15H23NO4S/c1-14(2,3)9-8(12(17)20-15(4,5)6)11(16)21-10(9)13(18)19-7/h16H2,1-7H3. The highest BCUT2D eigenvalue weighted by molar-refractivity contribution is 7.18. The molecule has 0 atom stereocenters. The van der Waals surface area contributed by atoms with Crippen LogP contribution in [-0.2, 0) is 14.9 Å². The number of methoxy groups -OCH3 is 1. The van der Waals surface area contributed by atoms with Gasteiger partial charge in [-0.2, -0.15) is 0 Å². The summed E-state index contributed by atoms with van der Waals surface area (Å²) in [5.41, 5.74) is 5.73. The van der Waals surface area contributed by atoms with Crippen LogP contribution in [0.1, 0.15) is 67.1 Å². The van der Waals surface area contributed by atoms with Crippen molar-refractivity contribution in [2.24, 2.45) is 0 Å². The van der Waals surface area contributed by atoms with E-state index in [1.807, 2.05) is 20.8 Å².